The molecular weight excluding hydrogens is 166 g/mol. The maximum atomic E-state index is 10.9. The molecule has 0 aromatic rings. The number of hydrogen-bond acceptors (Lipinski definition) is 3. The first-order valence-electron chi connectivity index (χ1n) is 4.78. The smallest absolute Gasteiger partial charge is 0.320 e. The summed E-state index contributed by atoms with van der Waals surface area (Å²) in [7, 11) is 0. The van der Waals surface area contributed by atoms with Crippen LogP contribution < -0.4 is 5.32 Å². The van der Waals surface area contributed by atoms with Crippen LogP contribution in [0.5, 0.6) is 0 Å². The molecule has 0 rings (SSSR count). The number of nitrogens with one attached hydrogen (secondary N) is 1. The number of unbranched alkanes of at least 4 members (excludes halogenated alkanes) is 2. The Balaban J connectivity index is 3.12. The predicted octanol–water partition coefficient (Wildman–Crippen LogP) is 1.50. The van der Waals surface area contributed by atoms with E-state index in [4.69, 9.17) is 4.74 Å². The van der Waals surface area contributed by atoms with E-state index in [9.17, 15) is 4.79 Å². The van der Waals surface area contributed by atoms with Gasteiger partial charge in [0.15, 0.2) is 0 Å². The molecule has 0 amide bonds. The highest BCUT2D eigenvalue weighted by atomic mass is 16.5. The fraction of sp³-hybridized carbons (Fsp3) is 0.700. The molecule has 0 aromatic carbocycles. The minimum atomic E-state index is -0.212. The van der Waals surface area contributed by atoms with Gasteiger partial charge < -0.3 is 10.1 Å². The van der Waals surface area contributed by atoms with E-state index in [1.807, 2.05) is 0 Å². The number of hydrogen-bond donors (Lipinski definition) is 1. The van der Waals surface area contributed by atoms with Crippen molar-refractivity contribution in [1.29, 1.82) is 0 Å². The van der Waals surface area contributed by atoms with Crippen LogP contribution in [0.4, 0.5) is 0 Å². The number of ether oxygens (including phenoxy) is 1. The zero-order chi connectivity index (χ0) is 9.94. The van der Waals surface area contributed by atoms with Crippen molar-refractivity contribution in [3.05, 3.63) is 12.7 Å². The van der Waals surface area contributed by atoms with Crippen molar-refractivity contribution in [2.45, 2.75) is 26.2 Å². The molecule has 0 aliphatic rings. The monoisotopic (exact) mass is 185 g/mol. The van der Waals surface area contributed by atoms with Gasteiger partial charge in [0.1, 0.15) is 6.61 Å². The van der Waals surface area contributed by atoms with Gasteiger partial charge in [-0.15, -0.1) is 0 Å². The van der Waals surface area contributed by atoms with Gasteiger partial charge in [-0.3, -0.25) is 4.79 Å². The Labute approximate surface area is 80.2 Å². The van der Waals surface area contributed by atoms with Gasteiger partial charge in [-0.05, 0) is 13.0 Å². The summed E-state index contributed by atoms with van der Waals surface area (Å²) in [5, 5.41) is 3.02. The van der Waals surface area contributed by atoms with Crippen molar-refractivity contribution in [3.8, 4) is 0 Å². The summed E-state index contributed by atoms with van der Waals surface area (Å²) in [6, 6.07) is 0. The Morgan fingerprint density at radius 3 is 2.92 bits per heavy atom. The molecule has 0 bridgehead atoms. The molecule has 0 aliphatic heterocycles. The third-order valence-corrected chi connectivity index (χ3v) is 1.59. The third-order valence-electron chi connectivity index (χ3n) is 1.59. The first-order chi connectivity index (χ1) is 6.31. The second kappa shape index (κ2) is 9.26. The summed E-state index contributed by atoms with van der Waals surface area (Å²) in [6.07, 6.45) is 5.08. The molecule has 3 heteroatoms. The average Bonchev–Trinajstić information content (AvgIpc) is 2.14. The van der Waals surface area contributed by atoms with Crippen LogP contribution in [0.25, 0.3) is 0 Å². The van der Waals surface area contributed by atoms with Crippen molar-refractivity contribution < 1.29 is 9.53 Å². The number of rotatable bonds is 8. The standard InChI is InChI=1S/C10H19NO2/c1-3-5-6-7-11-9-10(12)13-8-4-2/h4,11H,2-3,5-9H2,1H3. The third kappa shape index (κ3) is 9.08. The SMILES string of the molecule is C=CCOC(=O)CNCCCCC. The molecule has 3 nitrogen and oxygen atoms in total. The van der Waals surface area contributed by atoms with E-state index in [0.29, 0.717) is 13.2 Å². The Hall–Kier alpha value is -0.830. The molecule has 76 valence electrons. The van der Waals surface area contributed by atoms with Gasteiger partial charge in [0, 0.05) is 0 Å². The van der Waals surface area contributed by atoms with Crippen molar-refractivity contribution in [3.63, 3.8) is 0 Å². The zero-order valence-corrected chi connectivity index (χ0v) is 8.34. The van der Waals surface area contributed by atoms with Gasteiger partial charge in [0.2, 0.25) is 0 Å². The summed E-state index contributed by atoms with van der Waals surface area (Å²) in [4.78, 5) is 10.9. The maximum absolute atomic E-state index is 10.9. The quantitative estimate of drug-likeness (QED) is 0.354. The van der Waals surface area contributed by atoms with Gasteiger partial charge >= 0.3 is 5.97 Å². The Morgan fingerprint density at radius 2 is 2.31 bits per heavy atom. The normalized spacial score (nSPS) is 9.62. The summed E-state index contributed by atoms with van der Waals surface area (Å²) >= 11 is 0. The lowest BCUT2D eigenvalue weighted by molar-refractivity contribution is -0.141. The molecule has 0 saturated heterocycles. The van der Waals surface area contributed by atoms with Gasteiger partial charge in [0.25, 0.3) is 0 Å². The number of carbonyl (C=O) groups excluding carboxylic acids is 1. The average molecular weight is 185 g/mol. The fourth-order valence-electron chi connectivity index (χ4n) is 0.893. The summed E-state index contributed by atoms with van der Waals surface area (Å²) in [5.74, 6) is -0.212. The second-order valence-corrected chi connectivity index (χ2v) is 2.86. The van der Waals surface area contributed by atoms with Crippen molar-refractivity contribution in [2.24, 2.45) is 0 Å². The van der Waals surface area contributed by atoms with Crippen LogP contribution in [0.1, 0.15) is 26.2 Å². The van der Waals surface area contributed by atoms with Crippen LogP contribution in [0.2, 0.25) is 0 Å². The highest BCUT2D eigenvalue weighted by Crippen LogP contribution is 1.90. The van der Waals surface area contributed by atoms with E-state index in [1.54, 1.807) is 6.08 Å². The molecule has 1 N–H and O–H groups in total. The van der Waals surface area contributed by atoms with Crippen LogP contribution in [-0.4, -0.2) is 25.7 Å². The van der Waals surface area contributed by atoms with E-state index in [0.717, 1.165) is 13.0 Å². The zero-order valence-electron chi connectivity index (χ0n) is 8.34. The molecule has 0 unspecified atom stereocenters. The molecule has 13 heavy (non-hydrogen) atoms. The first-order valence-corrected chi connectivity index (χ1v) is 4.78. The molecule has 0 fully saturated rings. The van der Waals surface area contributed by atoms with Crippen molar-refractivity contribution in [2.75, 3.05) is 19.7 Å². The highest BCUT2D eigenvalue weighted by Gasteiger charge is 1.98. The van der Waals surface area contributed by atoms with Crippen LogP contribution in [0, 0.1) is 0 Å². The van der Waals surface area contributed by atoms with E-state index >= 15 is 0 Å². The van der Waals surface area contributed by atoms with E-state index < -0.39 is 0 Å². The summed E-state index contributed by atoms with van der Waals surface area (Å²) in [5.41, 5.74) is 0. The largest absolute Gasteiger partial charge is 0.461 e. The van der Waals surface area contributed by atoms with Gasteiger partial charge in [-0.1, -0.05) is 32.4 Å². The Bertz CT molecular complexity index is 146. The van der Waals surface area contributed by atoms with E-state index in [1.165, 1.54) is 12.8 Å². The molecular formula is C10H19NO2. The highest BCUT2D eigenvalue weighted by molar-refractivity contribution is 5.71. The summed E-state index contributed by atoms with van der Waals surface area (Å²) in [6.45, 7) is 7.10. The first kappa shape index (κ1) is 12.2. The van der Waals surface area contributed by atoms with Crippen LogP contribution in [-0.2, 0) is 9.53 Å². The van der Waals surface area contributed by atoms with Gasteiger partial charge in [0.05, 0.1) is 6.54 Å². The van der Waals surface area contributed by atoms with E-state index in [2.05, 4.69) is 18.8 Å². The second-order valence-electron chi connectivity index (χ2n) is 2.86. The molecule has 0 radical (unpaired) electrons. The molecule has 0 spiro atoms. The minimum absolute atomic E-state index is 0.212. The maximum Gasteiger partial charge on any atom is 0.320 e. The Morgan fingerprint density at radius 1 is 1.54 bits per heavy atom. The minimum Gasteiger partial charge on any atom is -0.461 e. The molecule has 0 saturated carbocycles. The topological polar surface area (TPSA) is 38.3 Å². The van der Waals surface area contributed by atoms with Crippen LogP contribution in [0.15, 0.2) is 12.7 Å². The summed E-state index contributed by atoms with van der Waals surface area (Å²) < 4.78 is 4.78. The molecule has 0 aromatic heterocycles. The fourth-order valence-corrected chi connectivity index (χ4v) is 0.893. The van der Waals surface area contributed by atoms with Crippen LogP contribution >= 0.6 is 0 Å². The van der Waals surface area contributed by atoms with Gasteiger partial charge in [-0.2, -0.15) is 0 Å². The van der Waals surface area contributed by atoms with Crippen molar-refractivity contribution >= 4 is 5.97 Å². The molecule has 0 heterocycles. The number of esters is 1. The lowest BCUT2D eigenvalue weighted by atomic mass is 10.2. The molecule has 0 aliphatic carbocycles. The molecule has 0 atom stereocenters. The predicted molar refractivity (Wildman–Crippen MR) is 53.6 cm³/mol. The van der Waals surface area contributed by atoms with Crippen molar-refractivity contribution in [1.82, 2.24) is 5.32 Å². The van der Waals surface area contributed by atoms with Gasteiger partial charge in [-0.25, -0.2) is 0 Å². The van der Waals surface area contributed by atoms with Crippen LogP contribution in [0.3, 0.4) is 0 Å². The number of carbonyl (C=O) groups is 1. The van der Waals surface area contributed by atoms with E-state index in [-0.39, 0.29) is 5.97 Å². The Kier molecular flexibility index (Phi) is 8.67. The lowest BCUT2D eigenvalue weighted by Crippen LogP contribution is -2.25. The lowest BCUT2D eigenvalue weighted by Gasteiger charge is -2.03.